The third-order valence-electron chi connectivity index (χ3n) is 4.52. The monoisotopic (exact) mass is 410 g/mol. The standard InChI is InChI=1S/C22H26N4O2S/c1-3-26-21(18-13-7-8-14-19(18)28-2)24-25-22(26)29-16-20(27)23-15-9-12-17-10-5-4-6-11-17/h4-8,10-11,13-14H,3,9,12,15-16H2,1-2H3,(H,23,27). The Morgan fingerprint density at radius 3 is 2.62 bits per heavy atom. The number of amides is 1. The van der Waals surface area contributed by atoms with E-state index in [0.717, 1.165) is 35.1 Å². The van der Waals surface area contributed by atoms with E-state index in [1.807, 2.05) is 54.0 Å². The van der Waals surface area contributed by atoms with E-state index in [0.29, 0.717) is 18.8 Å². The molecule has 6 nitrogen and oxygen atoms in total. The molecular formula is C22H26N4O2S. The van der Waals surface area contributed by atoms with Gasteiger partial charge in [0.15, 0.2) is 11.0 Å². The number of nitrogens with one attached hydrogen (secondary N) is 1. The van der Waals surface area contributed by atoms with Crippen molar-refractivity contribution in [2.75, 3.05) is 19.4 Å². The molecule has 0 unspecified atom stereocenters. The van der Waals surface area contributed by atoms with Gasteiger partial charge >= 0.3 is 0 Å². The maximum atomic E-state index is 12.2. The van der Waals surface area contributed by atoms with Gasteiger partial charge in [-0.1, -0.05) is 54.2 Å². The van der Waals surface area contributed by atoms with Crippen LogP contribution in [-0.2, 0) is 17.8 Å². The average Bonchev–Trinajstić information content (AvgIpc) is 3.18. The highest BCUT2D eigenvalue weighted by Gasteiger charge is 2.17. The van der Waals surface area contributed by atoms with Gasteiger partial charge in [-0.05, 0) is 37.5 Å². The van der Waals surface area contributed by atoms with Crippen LogP contribution in [0.3, 0.4) is 0 Å². The van der Waals surface area contributed by atoms with Gasteiger partial charge in [0.25, 0.3) is 0 Å². The molecule has 0 aliphatic heterocycles. The van der Waals surface area contributed by atoms with Crippen LogP contribution in [0.15, 0.2) is 59.8 Å². The number of hydrogen-bond acceptors (Lipinski definition) is 5. The summed E-state index contributed by atoms with van der Waals surface area (Å²) < 4.78 is 7.45. The lowest BCUT2D eigenvalue weighted by atomic mass is 10.1. The number of para-hydroxylation sites is 1. The maximum absolute atomic E-state index is 12.2. The minimum atomic E-state index is 0.00700. The molecule has 0 aliphatic carbocycles. The molecule has 3 aromatic rings. The number of thioether (sulfide) groups is 1. The molecule has 1 heterocycles. The first kappa shape index (κ1) is 20.9. The molecule has 7 heteroatoms. The zero-order chi connectivity index (χ0) is 20.5. The predicted molar refractivity (Wildman–Crippen MR) is 116 cm³/mol. The summed E-state index contributed by atoms with van der Waals surface area (Å²) in [5, 5.41) is 12.3. The minimum Gasteiger partial charge on any atom is -0.496 e. The second kappa shape index (κ2) is 10.7. The molecule has 3 rings (SSSR count). The number of hydrogen-bond donors (Lipinski definition) is 1. The molecule has 0 radical (unpaired) electrons. The molecule has 0 fully saturated rings. The van der Waals surface area contributed by atoms with Gasteiger partial charge in [-0.15, -0.1) is 10.2 Å². The van der Waals surface area contributed by atoms with E-state index >= 15 is 0 Å². The van der Waals surface area contributed by atoms with Gasteiger partial charge in [-0.2, -0.15) is 0 Å². The molecule has 0 saturated heterocycles. The van der Waals surface area contributed by atoms with Crippen LogP contribution < -0.4 is 10.1 Å². The fourth-order valence-electron chi connectivity index (χ4n) is 3.06. The first-order chi connectivity index (χ1) is 14.2. The summed E-state index contributed by atoms with van der Waals surface area (Å²) in [4.78, 5) is 12.2. The number of rotatable bonds is 10. The van der Waals surface area contributed by atoms with E-state index in [2.05, 4.69) is 27.6 Å². The fraction of sp³-hybridized carbons (Fsp3) is 0.318. The first-order valence-electron chi connectivity index (χ1n) is 9.73. The highest BCUT2D eigenvalue weighted by atomic mass is 32.2. The predicted octanol–water partition coefficient (Wildman–Crippen LogP) is 3.81. The van der Waals surface area contributed by atoms with Crippen LogP contribution in [0.25, 0.3) is 11.4 Å². The molecular weight excluding hydrogens is 384 g/mol. The first-order valence-corrected chi connectivity index (χ1v) is 10.7. The van der Waals surface area contributed by atoms with Crippen LogP contribution in [0.2, 0.25) is 0 Å². The molecule has 0 saturated carbocycles. The number of aryl methyl sites for hydroxylation is 1. The van der Waals surface area contributed by atoms with E-state index < -0.39 is 0 Å². The average molecular weight is 411 g/mol. The third-order valence-corrected chi connectivity index (χ3v) is 5.49. The molecule has 0 aliphatic rings. The fourth-order valence-corrected chi connectivity index (χ4v) is 3.89. The van der Waals surface area contributed by atoms with Crippen molar-refractivity contribution in [3.05, 3.63) is 60.2 Å². The second-order valence-electron chi connectivity index (χ2n) is 6.48. The topological polar surface area (TPSA) is 69.0 Å². The lowest BCUT2D eigenvalue weighted by Gasteiger charge is -2.10. The van der Waals surface area contributed by atoms with Crippen LogP contribution in [0.5, 0.6) is 5.75 Å². The van der Waals surface area contributed by atoms with Crippen molar-refractivity contribution in [1.82, 2.24) is 20.1 Å². The summed E-state index contributed by atoms with van der Waals surface area (Å²) in [7, 11) is 1.64. The van der Waals surface area contributed by atoms with Crippen LogP contribution in [0, 0.1) is 0 Å². The summed E-state index contributed by atoms with van der Waals surface area (Å²) in [5.41, 5.74) is 2.18. The Morgan fingerprint density at radius 1 is 1.10 bits per heavy atom. The Balaban J connectivity index is 1.53. The van der Waals surface area contributed by atoms with Gasteiger partial charge in [0.05, 0.1) is 18.4 Å². The van der Waals surface area contributed by atoms with E-state index in [4.69, 9.17) is 4.74 Å². The summed E-state index contributed by atoms with van der Waals surface area (Å²) in [6, 6.07) is 18.0. The Kier molecular flexibility index (Phi) is 7.69. The van der Waals surface area contributed by atoms with Crippen LogP contribution in [0.4, 0.5) is 0 Å². The van der Waals surface area contributed by atoms with Crippen molar-refractivity contribution in [2.45, 2.75) is 31.5 Å². The molecule has 29 heavy (non-hydrogen) atoms. The quantitative estimate of drug-likeness (QED) is 0.407. The smallest absolute Gasteiger partial charge is 0.230 e. The lowest BCUT2D eigenvalue weighted by Crippen LogP contribution is -2.26. The number of methoxy groups -OCH3 is 1. The summed E-state index contributed by atoms with van der Waals surface area (Å²) in [6.45, 7) is 3.42. The van der Waals surface area contributed by atoms with Crippen molar-refractivity contribution >= 4 is 17.7 Å². The lowest BCUT2D eigenvalue weighted by molar-refractivity contribution is -0.118. The number of carbonyl (C=O) groups is 1. The van der Waals surface area contributed by atoms with Crippen LogP contribution >= 0.6 is 11.8 Å². The van der Waals surface area contributed by atoms with Gasteiger partial charge in [0, 0.05) is 13.1 Å². The number of aromatic nitrogens is 3. The van der Waals surface area contributed by atoms with Crippen molar-refractivity contribution in [2.24, 2.45) is 0 Å². The Hall–Kier alpha value is -2.80. The largest absolute Gasteiger partial charge is 0.496 e. The highest BCUT2D eigenvalue weighted by Crippen LogP contribution is 2.30. The van der Waals surface area contributed by atoms with E-state index in [1.54, 1.807) is 7.11 Å². The zero-order valence-electron chi connectivity index (χ0n) is 16.8. The van der Waals surface area contributed by atoms with E-state index in [9.17, 15) is 4.79 Å². The van der Waals surface area contributed by atoms with Gasteiger partial charge in [0.2, 0.25) is 5.91 Å². The molecule has 0 atom stereocenters. The van der Waals surface area contributed by atoms with Crippen molar-refractivity contribution < 1.29 is 9.53 Å². The van der Waals surface area contributed by atoms with Crippen molar-refractivity contribution in [1.29, 1.82) is 0 Å². The molecule has 1 amide bonds. The summed E-state index contributed by atoms with van der Waals surface area (Å²) in [5.74, 6) is 1.82. The molecule has 152 valence electrons. The van der Waals surface area contributed by atoms with Gasteiger partial charge in [-0.25, -0.2) is 0 Å². The maximum Gasteiger partial charge on any atom is 0.230 e. The SMILES string of the molecule is CCn1c(SCC(=O)NCCCc2ccccc2)nnc1-c1ccccc1OC. The molecule has 0 bridgehead atoms. The van der Waals surface area contributed by atoms with E-state index in [1.165, 1.54) is 17.3 Å². The molecule has 2 aromatic carbocycles. The number of nitrogens with zero attached hydrogens (tertiary/aromatic N) is 3. The number of carbonyl (C=O) groups excluding carboxylic acids is 1. The Labute approximate surface area is 175 Å². The Morgan fingerprint density at radius 2 is 1.86 bits per heavy atom. The normalized spacial score (nSPS) is 10.7. The van der Waals surface area contributed by atoms with Gasteiger partial charge in [0.1, 0.15) is 5.75 Å². The minimum absolute atomic E-state index is 0.00700. The number of ether oxygens (including phenoxy) is 1. The molecule has 0 spiro atoms. The van der Waals surface area contributed by atoms with Crippen molar-refractivity contribution in [3.8, 4) is 17.1 Å². The summed E-state index contributed by atoms with van der Waals surface area (Å²) in [6.07, 6.45) is 1.88. The third kappa shape index (κ3) is 5.60. The zero-order valence-corrected chi connectivity index (χ0v) is 17.6. The van der Waals surface area contributed by atoms with Crippen LogP contribution in [-0.4, -0.2) is 40.1 Å². The van der Waals surface area contributed by atoms with Crippen LogP contribution in [0.1, 0.15) is 18.9 Å². The Bertz CT molecular complexity index is 928. The summed E-state index contributed by atoms with van der Waals surface area (Å²) >= 11 is 1.40. The van der Waals surface area contributed by atoms with Crippen molar-refractivity contribution in [3.63, 3.8) is 0 Å². The molecule has 1 aromatic heterocycles. The number of benzene rings is 2. The highest BCUT2D eigenvalue weighted by molar-refractivity contribution is 7.99. The van der Waals surface area contributed by atoms with E-state index in [-0.39, 0.29) is 5.91 Å². The van der Waals surface area contributed by atoms with Gasteiger partial charge < -0.3 is 14.6 Å². The van der Waals surface area contributed by atoms with Gasteiger partial charge in [-0.3, -0.25) is 4.79 Å². The second-order valence-corrected chi connectivity index (χ2v) is 7.42. The molecule has 1 N–H and O–H groups in total.